The van der Waals surface area contributed by atoms with Crippen LogP contribution in [-0.2, 0) is 4.79 Å². The summed E-state index contributed by atoms with van der Waals surface area (Å²) >= 11 is 0. The zero-order valence-corrected chi connectivity index (χ0v) is 12.0. The van der Waals surface area contributed by atoms with Gasteiger partial charge in [-0.3, -0.25) is 4.79 Å². The maximum atomic E-state index is 12.0. The number of benzene rings is 1. The molecule has 2 N–H and O–H groups in total. The Hall–Kier alpha value is -2.33. The lowest BCUT2D eigenvalue weighted by Crippen LogP contribution is -2.27. The molecule has 1 amide bonds. The van der Waals surface area contributed by atoms with Crippen molar-refractivity contribution in [2.75, 3.05) is 6.61 Å². The highest BCUT2D eigenvalue weighted by Gasteiger charge is 2.12. The topological polar surface area (TPSA) is 62.5 Å². The molecule has 1 heterocycles. The number of hydrogen-bond donors (Lipinski definition) is 2. The molecule has 1 atom stereocenters. The lowest BCUT2D eigenvalue weighted by atomic mass is 10.0. The minimum atomic E-state index is -0.216. The molecule has 2 aromatic rings. The Labute approximate surface area is 124 Å². The summed E-state index contributed by atoms with van der Waals surface area (Å²) in [6.07, 6.45) is 3.54. The van der Waals surface area contributed by atoms with E-state index in [0.717, 1.165) is 11.3 Å². The standard InChI is InChI=1S/C17H19NO3/c1-13-7-8-15(21-13)9-10-17(20)18-16(11-12-19)14-5-3-2-4-6-14/h2-10,16,19H,11-12H2,1H3,(H,18,20)/b10-9+. The van der Waals surface area contributed by atoms with Gasteiger partial charge in [-0.05, 0) is 37.1 Å². The Balaban J connectivity index is 2.00. The van der Waals surface area contributed by atoms with Gasteiger partial charge in [0.05, 0.1) is 6.04 Å². The summed E-state index contributed by atoms with van der Waals surface area (Å²) in [7, 11) is 0. The molecule has 2 rings (SSSR count). The molecule has 0 spiro atoms. The molecule has 0 saturated carbocycles. The van der Waals surface area contributed by atoms with Crippen molar-refractivity contribution < 1.29 is 14.3 Å². The molecule has 0 radical (unpaired) electrons. The highest BCUT2D eigenvalue weighted by Crippen LogP contribution is 2.16. The molecule has 0 aliphatic heterocycles. The monoisotopic (exact) mass is 285 g/mol. The van der Waals surface area contributed by atoms with Crippen LogP contribution < -0.4 is 5.32 Å². The molecular formula is C17H19NO3. The van der Waals surface area contributed by atoms with Crippen LogP contribution in [0.25, 0.3) is 6.08 Å². The second-order valence-corrected chi connectivity index (χ2v) is 4.77. The summed E-state index contributed by atoms with van der Waals surface area (Å²) in [6.45, 7) is 1.87. The number of rotatable bonds is 6. The molecule has 1 aromatic heterocycles. The second-order valence-electron chi connectivity index (χ2n) is 4.77. The number of amides is 1. The van der Waals surface area contributed by atoms with E-state index in [1.807, 2.05) is 49.4 Å². The molecule has 0 saturated heterocycles. The fourth-order valence-electron chi connectivity index (χ4n) is 2.06. The maximum Gasteiger partial charge on any atom is 0.244 e. The third-order valence-electron chi connectivity index (χ3n) is 3.10. The average molecular weight is 285 g/mol. The maximum absolute atomic E-state index is 12.0. The van der Waals surface area contributed by atoms with Crippen LogP contribution in [0.5, 0.6) is 0 Å². The molecule has 0 fully saturated rings. The predicted molar refractivity (Wildman–Crippen MR) is 81.5 cm³/mol. The lowest BCUT2D eigenvalue weighted by molar-refractivity contribution is -0.117. The van der Waals surface area contributed by atoms with E-state index in [1.54, 1.807) is 6.08 Å². The van der Waals surface area contributed by atoms with Crippen molar-refractivity contribution in [2.45, 2.75) is 19.4 Å². The zero-order chi connectivity index (χ0) is 15.1. The van der Waals surface area contributed by atoms with E-state index in [4.69, 9.17) is 9.52 Å². The first kappa shape index (κ1) is 15.1. The van der Waals surface area contributed by atoms with Gasteiger partial charge in [-0.25, -0.2) is 0 Å². The SMILES string of the molecule is Cc1ccc(/C=C/C(=O)NC(CCO)c2ccccc2)o1. The number of aryl methyl sites for hydroxylation is 1. The van der Waals surface area contributed by atoms with Crippen molar-refractivity contribution >= 4 is 12.0 Å². The number of hydrogen-bond acceptors (Lipinski definition) is 3. The predicted octanol–water partition coefficient (Wildman–Crippen LogP) is 2.84. The number of carbonyl (C=O) groups is 1. The fraction of sp³-hybridized carbons (Fsp3) is 0.235. The molecular weight excluding hydrogens is 266 g/mol. The van der Waals surface area contributed by atoms with E-state index in [0.29, 0.717) is 12.2 Å². The highest BCUT2D eigenvalue weighted by molar-refractivity contribution is 5.91. The molecule has 1 aromatic carbocycles. The summed E-state index contributed by atoms with van der Waals surface area (Å²) in [6, 6.07) is 13.0. The highest BCUT2D eigenvalue weighted by atomic mass is 16.3. The number of nitrogens with one attached hydrogen (secondary N) is 1. The molecule has 1 unspecified atom stereocenters. The van der Waals surface area contributed by atoms with Crippen LogP contribution in [0.4, 0.5) is 0 Å². The van der Waals surface area contributed by atoms with Gasteiger partial charge in [-0.2, -0.15) is 0 Å². The van der Waals surface area contributed by atoms with Gasteiger partial charge in [-0.15, -0.1) is 0 Å². The van der Waals surface area contributed by atoms with Gasteiger partial charge in [0.25, 0.3) is 0 Å². The van der Waals surface area contributed by atoms with Crippen molar-refractivity contribution in [1.29, 1.82) is 0 Å². The van der Waals surface area contributed by atoms with E-state index in [-0.39, 0.29) is 18.6 Å². The number of carbonyl (C=O) groups excluding carboxylic acids is 1. The van der Waals surface area contributed by atoms with Gasteiger partial charge >= 0.3 is 0 Å². The second kappa shape index (κ2) is 7.45. The number of aliphatic hydroxyl groups is 1. The molecule has 4 heteroatoms. The third-order valence-corrected chi connectivity index (χ3v) is 3.10. The minimum Gasteiger partial charge on any atom is -0.462 e. The van der Waals surface area contributed by atoms with Gasteiger partial charge in [-0.1, -0.05) is 30.3 Å². The van der Waals surface area contributed by atoms with Gasteiger partial charge in [0.15, 0.2) is 0 Å². The third kappa shape index (κ3) is 4.61. The smallest absolute Gasteiger partial charge is 0.244 e. The van der Waals surface area contributed by atoms with Gasteiger partial charge in [0, 0.05) is 12.7 Å². The van der Waals surface area contributed by atoms with Gasteiger partial charge < -0.3 is 14.8 Å². The van der Waals surface area contributed by atoms with E-state index in [1.165, 1.54) is 6.08 Å². The van der Waals surface area contributed by atoms with Crippen LogP contribution in [0, 0.1) is 6.92 Å². The normalized spacial score (nSPS) is 12.5. The molecule has 4 nitrogen and oxygen atoms in total. The van der Waals surface area contributed by atoms with Crippen LogP contribution in [0.15, 0.2) is 53.0 Å². The summed E-state index contributed by atoms with van der Waals surface area (Å²) in [5.41, 5.74) is 0.974. The van der Waals surface area contributed by atoms with Crippen LogP contribution in [-0.4, -0.2) is 17.6 Å². The van der Waals surface area contributed by atoms with Crippen molar-refractivity contribution in [3.8, 4) is 0 Å². The van der Waals surface area contributed by atoms with Gasteiger partial charge in [0.2, 0.25) is 5.91 Å². The Morgan fingerprint density at radius 1 is 1.29 bits per heavy atom. The van der Waals surface area contributed by atoms with E-state index >= 15 is 0 Å². The molecule has 110 valence electrons. The Morgan fingerprint density at radius 2 is 2.05 bits per heavy atom. The Morgan fingerprint density at radius 3 is 2.67 bits per heavy atom. The summed E-state index contributed by atoms with van der Waals surface area (Å²) < 4.78 is 5.36. The Kier molecular flexibility index (Phi) is 5.35. The van der Waals surface area contributed by atoms with Gasteiger partial charge in [0.1, 0.15) is 11.5 Å². The summed E-state index contributed by atoms with van der Waals surface area (Å²) in [5, 5.41) is 12.0. The molecule has 0 bridgehead atoms. The van der Waals surface area contributed by atoms with E-state index < -0.39 is 0 Å². The summed E-state index contributed by atoms with van der Waals surface area (Å²) in [4.78, 5) is 12.0. The van der Waals surface area contributed by atoms with Crippen molar-refractivity contribution in [3.05, 3.63) is 65.6 Å². The average Bonchev–Trinajstić information content (AvgIpc) is 2.91. The molecule has 21 heavy (non-hydrogen) atoms. The van der Waals surface area contributed by atoms with Crippen LogP contribution >= 0.6 is 0 Å². The van der Waals surface area contributed by atoms with Crippen LogP contribution in [0.1, 0.15) is 29.5 Å². The van der Waals surface area contributed by atoms with E-state index in [2.05, 4.69) is 5.32 Å². The lowest BCUT2D eigenvalue weighted by Gasteiger charge is -2.17. The Bertz CT molecular complexity index is 602. The number of furan rings is 1. The summed E-state index contributed by atoms with van der Waals surface area (Å²) in [5.74, 6) is 1.23. The first-order valence-electron chi connectivity index (χ1n) is 6.90. The first-order valence-corrected chi connectivity index (χ1v) is 6.90. The quantitative estimate of drug-likeness (QED) is 0.802. The largest absolute Gasteiger partial charge is 0.462 e. The van der Waals surface area contributed by atoms with Crippen LogP contribution in [0.3, 0.4) is 0 Å². The van der Waals surface area contributed by atoms with Crippen LogP contribution in [0.2, 0.25) is 0 Å². The van der Waals surface area contributed by atoms with Crippen molar-refractivity contribution in [3.63, 3.8) is 0 Å². The molecule has 0 aliphatic rings. The number of aliphatic hydroxyl groups excluding tert-OH is 1. The van der Waals surface area contributed by atoms with Crippen molar-refractivity contribution in [1.82, 2.24) is 5.32 Å². The minimum absolute atomic E-state index is 0.0148. The fourth-order valence-corrected chi connectivity index (χ4v) is 2.06. The van der Waals surface area contributed by atoms with E-state index in [9.17, 15) is 4.79 Å². The first-order chi connectivity index (χ1) is 10.2. The molecule has 0 aliphatic carbocycles. The zero-order valence-electron chi connectivity index (χ0n) is 12.0. The van der Waals surface area contributed by atoms with Crippen molar-refractivity contribution in [2.24, 2.45) is 0 Å².